The molecular formula is C22H19BrFNO2. The minimum absolute atomic E-state index is 0.207. The number of hydrogen-bond acceptors (Lipinski definition) is 3. The summed E-state index contributed by atoms with van der Waals surface area (Å²) in [7, 11) is 0. The SMILES string of the molecule is O=C(CCc1cccnc1)Cc1ccc(COc2ccc(F)cc2Br)cc1. The molecule has 3 aromatic rings. The molecular weight excluding hydrogens is 409 g/mol. The predicted molar refractivity (Wildman–Crippen MR) is 106 cm³/mol. The second-order valence-corrected chi connectivity index (χ2v) is 7.11. The fraction of sp³-hybridized carbons (Fsp3) is 0.182. The van der Waals surface area contributed by atoms with Crippen LogP contribution in [0.1, 0.15) is 23.1 Å². The number of aryl methyl sites for hydroxylation is 1. The van der Waals surface area contributed by atoms with Crippen molar-refractivity contribution in [2.45, 2.75) is 25.9 Å². The lowest BCUT2D eigenvalue weighted by Gasteiger charge is -2.09. The van der Waals surface area contributed by atoms with Crippen molar-refractivity contribution in [2.24, 2.45) is 0 Å². The van der Waals surface area contributed by atoms with E-state index < -0.39 is 0 Å². The first-order valence-corrected chi connectivity index (χ1v) is 9.46. The average Bonchev–Trinajstić information content (AvgIpc) is 2.68. The minimum atomic E-state index is -0.313. The van der Waals surface area contributed by atoms with Crippen LogP contribution in [0.5, 0.6) is 5.75 Å². The van der Waals surface area contributed by atoms with Crippen LogP contribution in [0.15, 0.2) is 71.5 Å². The smallest absolute Gasteiger partial charge is 0.137 e. The molecule has 0 radical (unpaired) electrons. The number of carbonyl (C=O) groups excluding carboxylic acids is 1. The first kappa shape index (κ1) is 19.2. The number of halogens is 2. The maximum Gasteiger partial charge on any atom is 0.137 e. The lowest BCUT2D eigenvalue weighted by Crippen LogP contribution is -2.05. The zero-order valence-corrected chi connectivity index (χ0v) is 16.3. The molecule has 0 aliphatic heterocycles. The van der Waals surface area contributed by atoms with Gasteiger partial charge >= 0.3 is 0 Å². The Labute approximate surface area is 166 Å². The van der Waals surface area contributed by atoms with E-state index in [9.17, 15) is 9.18 Å². The van der Waals surface area contributed by atoms with Crippen LogP contribution in [0.3, 0.4) is 0 Å². The normalized spacial score (nSPS) is 10.6. The lowest BCUT2D eigenvalue weighted by molar-refractivity contribution is -0.118. The van der Waals surface area contributed by atoms with Gasteiger partial charge in [-0.25, -0.2) is 4.39 Å². The molecule has 138 valence electrons. The Bertz CT molecular complexity index is 898. The van der Waals surface area contributed by atoms with Crippen molar-refractivity contribution < 1.29 is 13.9 Å². The van der Waals surface area contributed by atoms with Crippen LogP contribution in [0.25, 0.3) is 0 Å². The number of benzene rings is 2. The van der Waals surface area contributed by atoms with Gasteiger partial charge in [0.05, 0.1) is 4.47 Å². The number of aromatic nitrogens is 1. The summed E-state index contributed by atoms with van der Waals surface area (Å²) in [5, 5.41) is 0. The van der Waals surface area contributed by atoms with Gasteiger partial charge in [0.2, 0.25) is 0 Å². The van der Waals surface area contributed by atoms with Gasteiger partial charge in [-0.1, -0.05) is 30.3 Å². The van der Waals surface area contributed by atoms with Gasteiger partial charge in [-0.3, -0.25) is 9.78 Å². The van der Waals surface area contributed by atoms with E-state index >= 15 is 0 Å². The number of nitrogens with zero attached hydrogens (tertiary/aromatic N) is 1. The van der Waals surface area contributed by atoms with Crippen LogP contribution < -0.4 is 4.74 Å². The highest BCUT2D eigenvalue weighted by atomic mass is 79.9. The van der Waals surface area contributed by atoms with Crippen molar-refractivity contribution in [3.8, 4) is 5.75 Å². The van der Waals surface area contributed by atoms with Crippen molar-refractivity contribution in [1.29, 1.82) is 0 Å². The molecule has 0 aliphatic carbocycles. The summed E-state index contributed by atoms with van der Waals surface area (Å²) < 4.78 is 19.4. The van der Waals surface area contributed by atoms with Crippen molar-refractivity contribution >= 4 is 21.7 Å². The third-order valence-electron chi connectivity index (χ3n) is 4.13. The Balaban J connectivity index is 1.48. The topological polar surface area (TPSA) is 39.2 Å². The molecule has 0 saturated carbocycles. The summed E-state index contributed by atoms with van der Waals surface area (Å²) >= 11 is 3.28. The Hall–Kier alpha value is -2.53. The summed E-state index contributed by atoms with van der Waals surface area (Å²) in [6, 6.07) is 16.0. The Morgan fingerprint density at radius 1 is 1.04 bits per heavy atom. The number of rotatable bonds is 8. The van der Waals surface area contributed by atoms with Crippen molar-refractivity contribution in [1.82, 2.24) is 4.98 Å². The summed E-state index contributed by atoms with van der Waals surface area (Å²) in [4.78, 5) is 16.2. The molecule has 1 aromatic heterocycles. The number of Topliss-reactive ketones (excluding diaryl/α,β-unsaturated/α-hetero) is 1. The van der Waals surface area contributed by atoms with Crippen LogP contribution >= 0.6 is 15.9 Å². The van der Waals surface area contributed by atoms with E-state index in [0.29, 0.717) is 36.1 Å². The number of hydrogen-bond donors (Lipinski definition) is 0. The zero-order chi connectivity index (χ0) is 19.1. The van der Waals surface area contributed by atoms with Gasteiger partial charge in [-0.15, -0.1) is 0 Å². The van der Waals surface area contributed by atoms with Crippen LogP contribution in [-0.4, -0.2) is 10.8 Å². The number of ketones is 1. The Morgan fingerprint density at radius 3 is 2.52 bits per heavy atom. The van der Waals surface area contributed by atoms with E-state index in [-0.39, 0.29) is 11.6 Å². The third kappa shape index (κ3) is 6.00. The number of carbonyl (C=O) groups is 1. The molecule has 0 bridgehead atoms. The first-order chi connectivity index (χ1) is 13.1. The van der Waals surface area contributed by atoms with Gasteiger partial charge in [0.1, 0.15) is 24.0 Å². The largest absolute Gasteiger partial charge is 0.488 e. The molecule has 0 aliphatic rings. The van der Waals surface area contributed by atoms with Crippen molar-refractivity contribution in [3.63, 3.8) is 0 Å². The zero-order valence-electron chi connectivity index (χ0n) is 14.7. The fourth-order valence-corrected chi connectivity index (χ4v) is 3.12. The minimum Gasteiger partial charge on any atom is -0.488 e. The van der Waals surface area contributed by atoms with Crippen LogP contribution in [0.4, 0.5) is 4.39 Å². The lowest BCUT2D eigenvalue weighted by atomic mass is 10.0. The molecule has 27 heavy (non-hydrogen) atoms. The molecule has 5 heteroatoms. The Kier molecular flexibility index (Phi) is 6.71. The van der Waals surface area contributed by atoms with Gasteiger partial charge in [0.15, 0.2) is 0 Å². The maximum absolute atomic E-state index is 13.1. The van der Waals surface area contributed by atoms with Crippen molar-refractivity contribution in [3.05, 3.63) is 94.0 Å². The van der Waals surface area contributed by atoms with Crippen LogP contribution in [0, 0.1) is 5.82 Å². The summed E-state index contributed by atoms with van der Waals surface area (Å²) in [5.74, 6) is 0.482. The molecule has 0 atom stereocenters. The number of ether oxygens (including phenoxy) is 1. The number of pyridine rings is 1. The predicted octanol–water partition coefficient (Wildman–Crippen LogP) is 5.31. The maximum atomic E-state index is 13.1. The molecule has 0 amide bonds. The van der Waals surface area contributed by atoms with E-state index in [1.807, 2.05) is 36.4 Å². The Morgan fingerprint density at radius 2 is 1.81 bits per heavy atom. The molecule has 3 rings (SSSR count). The van der Waals surface area contributed by atoms with Gasteiger partial charge in [-0.2, -0.15) is 0 Å². The van der Waals surface area contributed by atoms with E-state index in [4.69, 9.17) is 4.74 Å². The molecule has 0 saturated heterocycles. The second-order valence-electron chi connectivity index (χ2n) is 6.26. The second kappa shape index (κ2) is 9.42. The van der Waals surface area contributed by atoms with Gasteiger partial charge in [-0.05, 0) is 63.3 Å². The molecule has 0 spiro atoms. The molecule has 3 nitrogen and oxygen atoms in total. The van der Waals surface area contributed by atoms with E-state index in [1.54, 1.807) is 18.5 Å². The van der Waals surface area contributed by atoms with Gasteiger partial charge in [0, 0.05) is 25.2 Å². The highest BCUT2D eigenvalue weighted by Gasteiger charge is 2.06. The monoisotopic (exact) mass is 427 g/mol. The van der Waals surface area contributed by atoms with Crippen molar-refractivity contribution in [2.75, 3.05) is 0 Å². The molecule has 0 N–H and O–H groups in total. The molecule has 0 fully saturated rings. The van der Waals surface area contributed by atoms with Gasteiger partial charge < -0.3 is 4.74 Å². The molecule has 1 heterocycles. The fourth-order valence-electron chi connectivity index (χ4n) is 2.65. The summed E-state index contributed by atoms with van der Waals surface area (Å²) in [5.41, 5.74) is 3.04. The van der Waals surface area contributed by atoms with Gasteiger partial charge in [0.25, 0.3) is 0 Å². The quantitative estimate of drug-likeness (QED) is 0.489. The standard InChI is InChI=1S/C22H19BrFNO2/c23-21-13-19(24)8-10-22(21)27-15-18-5-3-16(4-6-18)12-20(26)9-7-17-2-1-11-25-14-17/h1-6,8,10-11,13-14H,7,9,12,15H2. The van der Waals surface area contributed by atoms with E-state index in [1.165, 1.54) is 12.1 Å². The van der Waals surface area contributed by atoms with E-state index in [0.717, 1.165) is 16.7 Å². The third-order valence-corrected chi connectivity index (χ3v) is 4.75. The molecule has 2 aromatic carbocycles. The molecule has 0 unspecified atom stereocenters. The van der Waals surface area contributed by atoms with E-state index in [2.05, 4.69) is 20.9 Å². The average molecular weight is 428 g/mol. The highest BCUT2D eigenvalue weighted by Crippen LogP contribution is 2.26. The summed E-state index contributed by atoms with van der Waals surface area (Å²) in [6.07, 6.45) is 5.16. The first-order valence-electron chi connectivity index (χ1n) is 8.66. The summed E-state index contributed by atoms with van der Waals surface area (Å²) in [6.45, 7) is 0.374. The highest BCUT2D eigenvalue weighted by molar-refractivity contribution is 9.10. The van der Waals surface area contributed by atoms with Crippen LogP contribution in [0.2, 0.25) is 0 Å². The van der Waals surface area contributed by atoms with Crippen LogP contribution in [-0.2, 0) is 24.2 Å².